The summed E-state index contributed by atoms with van der Waals surface area (Å²) in [7, 11) is 1.95. The molecule has 2 aromatic rings. The zero-order valence-corrected chi connectivity index (χ0v) is 17.4. The fourth-order valence-electron chi connectivity index (χ4n) is 3.32. The SMILES string of the molecule is CNCC1CCN(C(=O)c2csc(-c3ccc4c(c3)OCCO4)n2)C1.Cl.Cl. The molecule has 0 bridgehead atoms. The predicted octanol–water partition coefficient (Wildman–Crippen LogP) is 3.11. The van der Waals surface area contributed by atoms with Gasteiger partial charge in [-0.05, 0) is 44.1 Å². The van der Waals surface area contributed by atoms with Crippen molar-refractivity contribution in [2.24, 2.45) is 5.92 Å². The van der Waals surface area contributed by atoms with Crippen LogP contribution in [0.2, 0.25) is 0 Å². The van der Waals surface area contributed by atoms with Crippen molar-refractivity contribution >= 4 is 42.1 Å². The van der Waals surface area contributed by atoms with Crippen LogP contribution in [-0.4, -0.2) is 55.7 Å². The number of carbonyl (C=O) groups excluding carboxylic acids is 1. The molecule has 1 aromatic carbocycles. The molecule has 1 N–H and O–H groups in total. The molecule has 1 aromatic heterocycles. The molecular weight excluding hydrogens is 409 g/mol. The number of hydrogen-bond acceptors (Lipinski definition) is 6. The first-order chi connectivity index (χ1) is 12.2. The van der Waals surface area contributed by atoms with Gasteiger partial charge in [0.2, 0.25) is 0 Å². The zero-order valence-electron chi connectivity index (χ0n) is 15.0. The number of fused-ring (bicyclic) bond motifs is 1. The van der Waals surface area contributed by atoms with Crippen LogP contribution in [0.4, 0.5) is 0 Å². The summed E-state index contributed by atoms with van der Waals surface area (Å²) in [4.78, 5) is 19.1. The maximum absolute atomic E-state index is 12.7. The molecule has 0 spiro atoms. The Morgan fingerprint density at radius 3 is 2.85 bits per heavy atom. The van der Waals surface area contributed by atoms with Crippen molar-refractivity contribution in [3.8, 4) is 22.1 Å². The van der Waals surface area contributed by atoms with E-state index < -0.39 is 0 Å². The quantitative estimate of drug-likeness (QED) is 0.805. The minimum absolute atomic E-state index is 0. The van der Waals surface area contributed by atoms with Crippen LogP contribution in [-0.2, 0) is 0 Å². The highest BCUT2D eigenvalue weighted by Gasteiger charge is 2.28. The van der Waals surface area contributed by atoms with Crippen molar-refractivity contribution in [2.75, 3.05) is 39.9 Å². The first-order valence-corrected chi connectivity index (χ1v) is 9.42. The molecule has 2 aliphatic heterocycles. The highest BCUT2D eigenvalue weighted by Crippen LogP contribution is 2.35. The number of likely N-dealkylation sites (tertiary alicyclic amines) is 1. The molecule has 9 heteroatoms. The Kier molecular flexibility index (Phi) is 7.73. The number of nitrogens with one attached hydrogen (secondary N) is 1. The Bertz CT molecular complexity index is 787. The van der Waals surface area contributed by atoms with Crippen LogP contribution in [0.1, 0.15) is 16.9 Å². The maximum atomic E-state index is 12.7. The zero-order chi connectivity index (χ0) is 17.2. The number of aromatic nitrogens is 1. The van der Waals surface area contributed by atoms with Gasteiger partial charge in [-0.3, -0.25) is 4.79 Å². The Balaban J connectivity index is 0.00000131. The van der Waals surface area contributed by atoms with Crippen LogP contribution in [0.25, 0.3) is 10.6 Å². The largest absolute Gasteiger partial charge is 0.486 e. The van der Waals surface area contributed by atoms with Gasteiger partial charge in [0, 0.05) is 24.0 Å². The van der Waals surface area contributed by atoms with E-state index in [-0.39, 0.29) is 30.7 Å². The number of ether oxygens (including phenoxy) is 2. The van der Waals surface area contributed by atoms with Gasteiger partial charge in [-0.15, -0.1) is 36.2 Å². The Labute approximate surface area is 175 Å². The van der Waals surface area contributed by atoms with Crippen LogP contribution < -0.4 is 14.8 Å². The number of carbonyl (C=O) groups is 1. The monoisotopic (exact) mass is 431 g/mol. The summed E-state index contributed by atoms with van der Waals surface area (Å²) in [5.74, 6) is 2.06. The van der Waals surface area contributed by atoms with E-state index in [1.807, 2.05) is 35.5 Å². The number of benzene rings is 1. The fraction of sp³-hybridized carbons (Fsp3) is 0.444. The van der Waals surface area contributed by atoms with Crippen molar-refractivity contribution in [3.05, 3.63) is 29.3 Å². The van der Waals surface area contributed by atoms with E-state index in [4.69, 9.17) is 9.47 Å². The summed E-state index contributed by atoms with van der Waals surface area (Å²) in [6.07, 6.45) is 1.05. The van der Waals surface area contributed by atoms with Crippen molar-refractivity contribution < 1.29 is 14.3 Å². The summed E-state index contributed by atoms with van der Waals surface area (Å²) < 4.78 is 11.2. The highest BCUT2D eigenvalue weighted by molar-refractivity contribution is 7.13. The minimum Gasteiger partial charge on any atom is -0.486 e. The van der Waals surface area contributed by atoms with Gasteiger partial charge in [0.1, 0.15) is 23.9 Å². The summed E-state index contributed by atoms with van der Waals surface area (Å²) in [5.41, 5.74) is 1.47. The van der Waals surface area contributed by atoms with Gasteiger partial charge in [0.25, 0.3) is 5.91 Å². The molecule has 2 aliphatic rings. The molecular formula is C18H23Cl2N3O3S. The summed E-state index contributed by atoms with van der Waals surface area (Å²) >= 11 is 1.48. The van der Waals surface area contributed by atoms with Crippen molar-refractivity contribution in [1.82, 2.24) is 15.2 Å². The van der Waals surface area contributed by atoms with Gasteiger partial charge in [-0.2, -0.15) is 0 Å². The lowest BCUT2D eigenvalue weighted by Gasteiger charge is -2.18. The summed E-state index contributed by atoms with van der Waals surface area (Å²) in [5, 5.41) is 5.86. The average Bonchev–Trinajstić information content (AvgIpc) is 3.31. The first-order valence-electron chi connectivity index (χ1n) is 8.54. The molecule has 0 saturated carbocycles. The molecule has 1 fully saturated rings. The lowest BCUT2D eigenvalue weighted by molar-refractivity contribution is 0.0782. The summed E-state index contributed by atoms with van der Waals surface area (Å²) in [6, 6.07) is 5.79. The molecule has 3 heterocycles. The van der Waals surface area contributed by atoms with Gasteiger partial charge in [0.15, 0.2) is 11.5 Å². The number of nitrogens with zero attached hydrogens (tertiary/aromatic N) is 2. The molecule has 27 heavy (non-hydrogen) atoms. The normalized spacial score (nSPS) is 17.8. The van der Waals surface area contributed by atoms with Crippen molar-refractivity contribution in [1.29, 1.82) is 0 Å². The predicted molar refractivity (Wildman–Crippen MR) is 111 cm³/mol. The van der Waals surface area contributed by atoms with E-state index in [1.54, 1.807) is 0 Å². The van der Waals surface area contributed by atoms with E-state index in [9.17, 15) is 4.79 Å². The number of halogens is 2. The van der Waals surface area contributed by atoms with Crippen molar-refractivity contribution in [2.45, 2.75) is 6.42 Å². The second-order valence-electron chi connectivity index (χ2n) is 6.36. The topological polar surface area (TPSA) is 63.7 Å². The second kappa shape index (κ2) is 9.59. The Morgan fingerprint density at radius 2 is 2.07 bits per heavy atom. The number of thiazole rings is 1. The molecule has 148 valence electrons. The maximum Gasteiger partial charge on any atom is 0.273 e. The van der Waals surface area contributed by atoms with Gasteiger partial charge >= 0.3 is 0 Å². The van der Waals surface area contributed by atoms with E-state index in [0.29, 0.717) is 24.8 Å². The molecule has 6 nitrogen and oxygen atoms in total. The molecule has 1 unspecified atom stereocenters. The van der Waals surface area contributed by atoms with Crippen LogP contribution in [0.5, 0.6) is 11.5 Å². The third-order valence-corrected chi connectivity index (χ3v) is 5.47. The van der Waals surface area contributed by atoms with Crippen molar-refractivity contribution in [3.63, 3.8) is 0 Å². The van der Waals surface area contributed by atoms with Crippen LogP contribution >= 0.6 is 36.2 Å². The van der Waals surface area contributed by atoms with Gasteiger partial charge < -0.3 is 19.7 Å². The first kappa shape index (κ1) is 21.8. The van der Waals surface area contributed by atoms with E-state index >= 15 is 0 Å². The van der Waals surface area contributed by atoms with Crippen LogP contribution in [0, 0.1) is 5.92 Å². The highest BCUT2D eigenvalue weighted by atomic mass is 35.5. The minimum atomic E-state index is 0. The van der Waals surface area contributed by atoms with E-state index in [0.717, 1.165) is 48.1 Å². The Morgan fingerprint density at radius 1 is 1.30 bits per heavy atom. The third kappa shape index (κ3) is 4.66. The summed E-state index contributed by atoms with van der Waals surface area (Å²) in [6.45, 7) is 3.69. The van der Waals surface area contributed by atoms with Gasteiger partial charge in [-0.1, -0.05) is 0 Å². The van der Waals surface area contributed by atoms with Crippen LogP contribution in [0.15, 0.2) is 23.6 Å². The molecule has 0 radical (unpaired) electrons. The van der Waals surface area contributed by atoms with Gasteiger partial charge in [-0.25, -0.2) is 4.98 Å². The van der Waals surface area contributed by atoms with E-state index in [1.165, 1.54) is 11.3 Å². The molecule has 1 amide bonds. The molecule has 0 aliphatic carbocycles. The Hall–Kier alpha value is -1.54. The average molecular weight is 432 g/mol. The lowest BCUT2D eigenvalue weighted by Crippen LogP contribution is -2.30. The fourth-order valence-corrected chi connectivity index (χ4v) is 4.11. The smallest absolute Gasteiger partial charge is 0.273 e. The van der Waals surface area contributed by atoms with Gasteiger partial charge in [0.05, 0.1) is 0 Å². The molecule has 1 atom stereocenters. The number of amides is 1. The molecule has 1 saturated heterocycles. The third-order valence-electron chi connectivity index (χ3n) is 4.58. The van der Waals surface area contributed by atoms with E-state index in [2.05, 4.69) is 10.3 Å². The number of rotatable bonds is 4. The second-order valence-corrected chi connectivity index (χ2v) is 7.22. The molecule has 4 rings (SSSR count). The van der Waals surface area contributed by atoms with Crippen LogP contribution in [0.3, 0.4) is 0 Å². The lowest BCUT2D eigenvalue weighted by atomic mass is 10.1. The standard InChI is InChI=1S/C18H21N3O3S.2ClH/c1-19-9-12-4-5-21(10-12)18(22)14-11-25-17(20-14)13-2-3-15-16(8-13)24-7-6-23-15;;/h2-3,8,11-12,19H,4-7,9-10H2,1H3;2*1H. The number of hydrogen-bond donors (Lipinski definition) is 1.